The fraction of sp³-hybridized carbons (Fsp3) is 0.406. The predicted octanol–water partition coefficient (Wildman–Crippen LogP) is 5.79. The molecule has 0 radical (unpaired) electrons. The van der Waals surface area contributed by atoms with Gasteiger partial charge in [-0.25, -0.2) is 8.78 Å². The first-order valence-corrected chi connectivity index (χ1v) is 15.1. The van der Waals surface area contributed by atoms with Crippen molar-refractivity contribution in [3.8, 4) is 0 Å². The zero-order chi connectivity index (χ0) is 28.5. The maximum absolute atomic E-state index is 13.9. The minimum Gasteiger partial charge on any atom is -0.390 e. The van der Waals surface area contributed by atoms with Crippen molar-refractivity contribution in [1.82, 2.24) is 16.0 Å². The molecule has 0 bridgehead atoms. The van der Waals surface area contributed by atoms with Crippen LogP contribution in [0.5, 0.6) is 0 Å². The van der Waals surface area contributed by atoms with Gasteiger partial charge in [-0.05, 0) is 102 Å². The molecule has 3 aromatic rings. The highest BCUT2D eigenvalue weighted by atomic mass is 127. The summed E-state index contributed by atoms with van der Waals surface area (Å²) in [6.07, 6.45) is 5.23. The molecule has 0 aromatic heterocycles. The molecule has 4 N–H and O–H groups in total. The number of rotatable bonds is 12. The summed E-state index contributed by atoms with van der Waals surface area (Å²) < 4.78 is 28.9. The van der Waals surface area contributed by atoms with Crippen LogP contribution >= 0.6 is 22.6 Å². The van der Waals surface area contributed by atoms with Crippen molar-refractivity contribution in [2.75, 3.05) is 6.54 Å². The Hall–Kier alpha value is -2.40. The second kappa shape index (κ2) is 15.0. The third-order valence-electron chi connectivity index (χ3n) is 7.33. The Morgan fingerprint density at radius 2 is 1.70 bits per heavy atom. The molecule has 4 rings (SSSR count). The van der Waals surface area contributed by atoms with Gasteiger partial charge in [0, 0.05) is 40.9 Å². The molecule has 1 amide bonds. The number of aliphatic hydroxyl groups excluding tert-OH is 1. The Labute approximate surface area is 249 Å². The third kappa shape index (κ3) is 9.61. The van der Waals surface area contributed by atoms with E-state index >= 15 is 0 Å². The summed E-state index contributed by atoms with van der Waals surface area (Å²) >= 11 is 2.25. The van der Waals surface area contributed by atoms with Gasteiger partial charge in [-0.3, -0.25) is 4.79 Å². The molecule has 40 heavy (non-hydrogen) atoms. The van der Waals surface area contributed by atoms with Gasteiger partial charge in [-0.1, -0.05) is 43.0 Å². The van der Waals surface area contributed by atoms with Crippen LogP contribution in [0.1, 0.15) is 64.7 Å². The second-order valence-electron chi connectivity index (χ2n) is 10.8. The molecule has 0 unspecified atom stereocenters. The van der Waals surface area contributed by atoms with E-state index in [-0.39, 0.29) is 18.9 Å². The van der Waals surface area contributed by atoms with Crippen molar-refractivity contribution in [2.45, 2.75) is 76.7 Å². The summed E-state index contributed by atoms with van der Waals surface area (Å²) in [5.74, 6) is -1.72. The Kier molecular flexibility index (Phi) is 11.5. The molecule has 0 heterocycles. The average Bonchev–Trinajstić information content (AvgIpc) is 2.91. The van der Waals surface area contributed by atoms with E-state index in [1.54, 1.807) is 0 Å². The van der Waals surface area contributed by atoms with E-state index in [1.807, 2.05) is 43.3 Å². The lowest BCUT2D eigenvalue weighted by molar-refractivity contribution is 0.0829. The first kappa shape index (κ1) is 30.6. The van der Waals surface area contributed by atoms with Crippen LogP contribution in [0, 0.1) is 22.1 Å². The molecular weight excluding hydrogens is 623 g/mol. The van der Waals surface area contributed by atoms with Crippen LogP contribution < -0.4 is 16.0 Å². The topological polar surface area (TPSA) is 73.4 Å². The molecule has 1 aliphatic rings. The van der Waals surface area contributed by atoms with E-state index in [9.17, 15) is 18.7 Å². The number of nitrogens with one attached hydrogen (secondary N) is 3. The van der Waals surface area contributed by atoms with Crippen LogP contribution in [0.4, 0.5) is 8.78 Å². The third-order valence-corrected chi connectivity index (χ3v) is 8.00. The highest BCUT2D eigenvalue weighted by Gasteiger charge is 2.23. The molecule has 1 aliphatic carbocycles. The molecule has 1 saturated carbocycles. The zero-order valence-electron chi connectivity index (χ0n) is 22.9. The number of hydrogen-bond donors (Lipinski definition) is 4. The summed E-state index contributed by atoms with van der Waals surface area (Å²) in [5, 5.41) is 20.9. The monoisotopic (exact) mass is 661 g/mol. The number of halogens is 3. The van der Waals surface area contributed by atoms with Crippen LogP contribution in [0.2, 0.25) is 0 Å². The van der Waals surface area contributed by atoms with Crippen molar-refractivity contribution in [3.63, 3.8) is 0 Å². The Balaban J connectivity index is 1.45. The Morgan fingerprint density at radius 3 is 2.42 bits per heavy atom. The lowest BCUT2D eigenvalue weighted by Gasteiger charge is -2.25. The lowest BCUT2D eigenvalue weighted by Crippen LogP contribution is -2.48. The number of carbonyl (C=O) groups is 1. The van der Waals surface area contributed by atoms with E-state index in [0.29, 0.717) is 30.3 Å². The number of amides is 1. The lowest BCUT2D eigenvalue weighted by atomic mass is 9.95. The maximum Gasteiger partial charge on any atom is 0.251 e. The van der Waals surface area contributed by atoms with Crippen LogP contribution in [0.25, 0.3) is 0 Å². The number of hydrogen-bond acceptors (Lipinski definition) is 4. The number of benzene rings is 3. The highest BCUT2D eigenvalue weighted by Crippen LogP contribution is 2.19. The van der Waals surface area contributed by atoms with Gasteiger partial charge in [-0.15, -0.1) is 0 Å². The van der Waals surface area contributed by atoms with E-state index in [0.717, 1.165) is 26.3 Å². The van der Waals surface area contributed by atoms with Crippen molar-refractivity contribution >= 4 is 28.5 Å². The molecule has 0 saturated heterocycles. The van der Waals surface area contributed by atoms with Crippen LogP contribution in [-0.2, 0) is 19.5 Å². The van der Waals surface area contributed by atoms with E-state index in [4.69, 9.17) is 0 Å². The smallest absolute Gasteiger partial charge is 0.251 e. The summed E-state index contributed by atoms with van der Waals surface area (Å²) in [6.45, 7) is 3.37. The standard InChI is InChI=1S/C32H38F2IN3O2/c1-21-10-24(19-37-29-8-3-2-4-9-29)12-25(11-21)32(40)38-30(16-23-13-26(33)17-27(34)14-23)31(39)20-36-18-22-6-5-7-28(35)15-22/h5-7,10-15,17,29-31,36-37,39H,2-4,8-9,16,18-20H2,1H3,(H,38,40)/t30-,31+/m0/s1. The van der Waals surface area contributed by atoms with Crippen LogP contribution in [0.15, 0.2) is 60.7 Å². The van der Waals surface area contributed by atoms with Gasteiger partial charge in [0.15, 0.2) is 0 Å². The number of carbonyl (C=O) groups excluding carboxylic acids is 1. The quantitative estimate of drug-likeness (QED) is 0.186. The summed E-state index contributed by atoms with van der Waals surface area (Å²) in [4.78, 5) is 13.4. The molecule has 0 spiro atoms. The number of aryl methyl sites for hydroxylation is 1. The van der Waals surface area contributed by atoms with Crippen molar-refractivity contribution in [1.29, 1.82) is 0 Å². The van der Waals surface area contributed by atoms with Gasteiger partial charge in [0.1, 0.15) is 11.6 Å². The molecule has 5 nitrogen and oxygen atoms in total. The van der Waals surface area contributed by atoms with E-state index in [2.05, 4.69) is 44.6 Å². The van der Waals surface area contributed by atoms with E-state index < -0.39 is 23.8 Å². The summed E-state index contributed by atoms with van der Waals surface area (Å²) in [6, 6.07) is 16.8. The molecule has 2 atom stereocenters. The first-order valence-electron chi connectivity index (χ1n) is 14.0. The molecule has 1 fully saturated rings. The Bertz CT molecular complexity index is 1260. The molecule has 3 aromatic carbocycles. The minimum atomic E-state index is -0.990. The fourth-order valence-electron chi connectivity index (χ4n) is 5.34. The van der Waals surface area contributed by atoms with Gasteiger partial charge in [0.2, 0.25) is 0 Å². The average molecular weight is 662 g/mol. The number of aliphatic hydroxyl groups is 1. The second-order valence-corrected chi connectivity index (χ2v) is 12.1. The van der Waals surface area contributed by atoms with Gasteiger partial charge in [0.05, 0.1) is 12.1 Å². The van der Waals surface area contributed by atoms with Gasteiger partial charge >= 0.3 is 0 Å². The fourth-order valence-corrected chi connectivity index (χ4v) is 5.94. The van der Waals surface area contributed by atoms with E-state index in [1.165, 1.54) is 44.2 Å². The maximum atomic E-state index is 13.9. The van der Waals surface area contributed by atoms with Gasteiger partial charge in [0.25, 0.3) is 5.91 Å². The molecule has 0 aliphatic heterocycles. The normalized spacial score (nSPS) is 15.5. The molecule has 214 valence electrons. The zero-order valence-corrected chi connectivity index (χ0v) is 25.0. The minimum absolute atomic E-state index is 0.0778. The van der Waals surface area contributed by atoms with Crippen LogP contribution in [0.3, 0.4) is 0 Å². The molecular formula is C32H38F2IN3O2. The van der Waals surface area contributed by atoms with Gasteiger partial charge < -0.3 is 21.1 Å². The van der Waals surface area contributed by atoms with Crippen molar-refractivity contribution < 1.29 is 18.7 Å². The summed E-state index contributed by atoms with van der Waals surface area (Å²) in [5.41, 5.74) is 3.92. The highest BCUT2D eigenvalue weighted by molar-refractivity contribution is 14.1. The van der Waals surface area contributed by atoms with Crippen molar-refractivity contribution in [3.05, 3.63) is 104 Å². The molecule has 8 heteroatoms. The first-order chi connectivity index (χ1) is 19.2. The largest absolute Gasteiger partial charge is 0.390 e. The summed E-state index contributed by atoms with van der Waals surface area (Å²) in [7, 11) is 0. The van der Waals surface area contributed by atoms with Crippen LogP contribution in [-0.4, -0.2) is 35.7 Å². The van der Waals surface area contributed by atoms with Crippen molar-refractivity contribution in [2.24, 2.45) is 0 Å². The van der Waals surface area contributed by atoms with Gasteiger partial charge in [-0.2, -0.15) is 0 Å². The SMILES string of the molecule is Cc1cc(CNC2CCCCC2)cc(C(=O)N[C@@H](Cc2cc(F)cc(F)c2)[C@H](O)CNCc2cccc(I)c2)c1. The Morgan fingerprint density at radius 1 is 0.950 bits per heavy atom. The predicted molar refractivity (Wildman–Crippen MR) is 163 cm³/mol.